The fraction of sp³-hybridized carbons (Fsp3) is 0.500. The van der Waals surface area contributed by atoms with Crippen molar-refractivity contribution in [3.8, 4) is 0 Å². The highest BCUT2D eigenvalue weighted by Gasteiger charge is 2.36. The van der Waals surface area contributed by atoms with Crippen molar-refractivity contribution in [2.24, 2.45) is 5.41 Å². The third-order valence-electron chi connectivity index (χ3n) is 3.29. The molecule has 1 aliphatic carbocycles. The van der Waals surface area contributed by atoms with Gasteiger partial charge in [-0.3, -0.25) is 0 Å². The fourth-order valence-corrected chi connectivity index (χ4v) is 2.87. The maximum atomic E-state index is 6.16. The summed E-state index contributed by atoms with van der Waals surface area (Å²) < 4.78 is 0. The summed E-state index contributed by atoms with van der Waals surface area (Å²) in [6.45, 7) is 0. The quantitative estimate of drug-likeness (QED) is 0.677. The maximum absolute atomic E-state index is 6.16. The first-order valence-corrected chi connectivity index (χ1v) is 6.45. The molecule has 1 saturated carbocycles. The lowest BCUT2D eigenvalue weighted by Gasteiger charge is -2.40. The second-order valence-electron chi connectivity index (χ2n) is 4.38. The second-order valence-corrected chi connectivity index (χ2v) is 5.43. The Morgan fingerprint density at radius 3 is 2.47 bits per heavy atom. The van der Waals surface area contributed by atoms with E-state index in [0.717, 1.165) is 17.9 Å². The van der Waals surface area contributed by atoms with Gasteiger partial charge in [0.2, 0.25) is 0 Å². The molecule has 0 bridgehead atoms. The smallest absolute Gasteiger partial charge is 0.0624 e. The van der Waals surface area contributed by atoms with E-state index in [-0.39, 0.29) is 5.41 Å². The van der Waals surface area contributed by atoms with Gasteiger partial charge in [-0.15, -0.1) is 11.6 Å². The SMILES string of the molecule is ClCC1(Cc2cccc(Cl)c2Cl)CCC1. The van der Waals surface area contributed by atoms with Gasteiger partial charge in [0.1, 0.15) is 0 Å². The molecule has 0 N–H and O–H groups in total. The van der Waals surface area contributed by atoms with Gasteiger partial charge in [0.05, 0.1) is 10.0 Å². The van der Waals surface area contributed by atoms with Crippen molar-refractivity contribution in [2.45, 2.75) is 25.7 Å². The zero-order valence-electron chi connectivity index (χ0n) is 8.40. The zero-order chi connectivity index (χ0) is 10.9. The minimum atomic E-state index is 0.274. The summed E-state index contributed by atoms with van der Waals surface area (Å²) in [5, 5.41) is 1.33. The van der Waals surface area contributed by atoms with Crippen LogP contribution < -0.4 is 0 Å². The minimum Gasteiger partial charge on any atom is -0.126 e. The summed E-state index contributed by atoms with van der Waals surface area (Å²) in [6.07, 6.45) is 4.65. The highest BCUT2D eigenvalue weighted by molar-refractivity contribution is 6.42. The molecule has 3 heteroatoms. The average molecular weight is 264 g/mol. The summed E-state index contributed by atoms with van der Waals surface area (Å²) in [6, 6.07) is 5.81. The van der Waals surface area contributed by atoms with Crippen molar-refractivity contribution in [1.82, 2.24) is 0 Å². The van der Waals surface area contributed by atoms with Crippen molar-refractivity contribution >= 4 is 34.8 Å². The Morgan fingerprint density at radius 2 is 1.93 bits per heavy atom. The summed E-state index contributed by atoms with van der Waals surface area (Å²) >= 11 is 18.2. The maximum Gasteiger partial charge on any atom is 0.0624 e. The summed E-state index contributed by atoms with van der Waals surface area (Å²) in [7, 11) is 0. The van der Waals surface area contributed by atoms with Crippen LogP contribution in [0.5, 0.6) is 0 Å². The molecule has 0 atom stereocenters. The van der Waals surface area contributed by atoms with Gasteiger partial charge in [-0.2, -0.15) is 0 Å². The standard InChI is InChI=1S/C12H13Cl3/c13-8-12(5-2-6-12)7-9-3-1-4-10(14)11(9)15/h1,3-4H,2,5-8H2. The largest absolute Gasteiger partial charge is 0.126 e. The Balaban J connectivity index is 2.20. The van der Waals surface area contributed by atoms with Crippen molar-refractivity contribution in [3.05, 3.63) is 33.8 Å². The predicted molar refractivity (Wildman–Crippen MR) is 67.2 cm³/mol. The van der Waals surface area contributed by atoms with Gasteiger partial charge >= 0.3 is 0 Å². The van der Waals surface area contributed by atoms with Crippen molar-refractivity contribution in [2.75, 3.05) is 5.88 Å². The summed E-state index contributed by atoms with van der Waals surface area (Å²) in [5.41, 5.74) is 1.40. The molecule has 15 heavy (non-hydrogen) atoms. The molecule has 1 aliphatic rings. The Kier molecular flexibility index (Phi) is 3.49. The zero-order valence-corrected chi connectivity index (χ0v) is 10.7. The number of alkyl halides is 1. The molecule has 0 unspecified atom stereocenters. The molecule has 0 heterocycles. The van der Waals surface area contributed by atoms with Gasteiger partial charge in [-0.05, 0) is 36.3 Å². The van der Waals surface area contributed by atoms with E-state index in [1.807, 2.05) is 18.2 Å². The lowest BCUT2D eigenvalue weighted by molar-refractivity contribution is 0.166. The van der Waals surface area contributed by atoms with Crippen LogP contribution in [-0.4, -0.2) is 5.88 Å². The molecule has 0 spiro atoms. The average Bonchev–Trinajstić information content (AvgIpc) is 2.18. The molecule has 0 saturated heterocycles. The van der Waals surface area contributed by atoms with Crippen LogP contribution in [0.1, 0.15) is 24.8 Å². The number of halogens is 3. The van der Waals surface area contributed by atoms with Crippen LogP contribution in [0.25, 0.3) is 0 Å². The minimum absolute atomic E-state index is 0.274. The topological polar surface area (TPSA) is 0 Å². The molecule has 1 aromatic rings. The van der Waals surface area contributed by atoms with Crippen molar-refractivity contribution < 1.29 is 0 Å². The van der Waals surface area contributed by atoms with E-state index in [1.165, 1.54) is 19.3 Å². The molecule has 1 fully saturated rings. The Morgan fingerprint density at radius 1 is 1.20 bits per heavy atom. The molecule has 0 amide bonds. The van der Waals surface area contributed by atoms with Crippen LogP contribution in [0.3, 0.4) is 0 Å². The Bertz CT molecular complexity index is 350. The Hall–Kier alpha value is 0.0900. The van der Waals surface area contributed by atoms with E-state index < -0.39 is 0 Å². The van der Waals surface area contributed by atoms with Crippen LogP contribution in [0.15, 0.2) is 18.2 Å². The van der Waals surface area contributed by atoms with E-state index in [1.54, 1.807) is 0 Å². The van der Waals surface area contributed by atoms with Gasteiger partial charge < -0.3 is 0 Å². The van der Waals surface area contributed by atoms with E-state index in [2.05, 4.69) is 0 Å². The molecule has 82 valence electrons. The molecule has 0 nitrogen and oxygen atoms in total. The predicted octanol–water partition coefficient (Wildman–Crippen LogP) is 4.95. The molecule has 1 aromatic carbocycles. The van der Waals surface area contributed by atoms with E-state index in [9.17, 15) is 0 Å². The van der Waals surface area contributed by atoms with Crippen LogP contribution in [0.2, 0.25) is 10.0 Å². The van der Waals surface area contributed by atoms with Gasteiger partial charge in [-0.25, -0.2) is 0 Å². The lowest BCUT2D eigenvalue weighted by atomic mass is 9.67. The van der Waals surface area contributed by atoms with Crippen molar-refractivity contribution in [3.63, 3.8) is 0 Å². The monoisotopic (exact) mass is 262 g/mol. The number of hydrogen-bond acceptors (Lipinski definition) is 0. The van der Waals surface area contributed by atoms with Gasteiger partial charge in [-0.1, -0.05) is 41.8 Å². The molecule has 0 aromatic heterocycles. The van der Waals surface area contributed by atoms with Gasteiger partial charge in [0.25, 0.3) is 0 Å². The first kappa shape index (κ1) is 11.6. The van der Waals surface area contributed by atoms with Crippen LogP contribution in [0.4, 0.5) is 0 Å². The molecular formula is C12H13Cl3. The van der Waals surface area contributed by atoms with Crippen LogP contribution in [0, 0.1) is 5.41 Å². The van der Waals surface area contributed by atoms with E-state index in [0.29, 0.717) is 10.0 Å². The van der Waals surface area contributed by atoms with Crippen LogP contribution in [-0.2, 0) is 6.42 Å². The molecule has 0 aliphatic heterocycles. The normalized spacial score (nSPS) is 18.6. The second kappa shape index (κ2) is 4.53. The third kappa shape index (κ3) is 2.27. The van der Waals surface area contributed by atoms with E-state index in [4.69, 9.17) is 34.8 Å². The highest BCUT2D eigenvalue weighted by atomic mass is 35.5. The lowest BCUT2D eigenvalue weighted by Crippen LogP contribution is -2.33. The summed E-state index contributed by atoms with van der Waals surface area (Å²) in [5.74, 6) is 0.718. The fourth-order valence-electron chi connectivity index (χ4n) is 2.12. The molecular weight excluding hydrogens is 250 g/mol. The molecule has 0 radical (unpaired) electrons. The first-order chi connectivity index (χ1) is 7.17. The van der Waals surface area contributed by atoms with Crippen LogP contribution >= 0.6 is 34.8 Å². The number of benzene rings is 1. The summed E-state index contributed by atoms with van der Waals surface area (Å²) in [4.78, 5) is 0. The van der Waals surface area contributed by atoms with Gasteiger partial charge in [0, 0.05) is 5.88 Å². The highest BCUT2D eigenvalue weighted by Crippen LogP contribution is 2.45. The number of rotatable bonds is 3. The van der Waals surface area contributed by atoms with Crippen molar-refractivity contribution in [1.29, 1.82) is 0 Å². The van der Waals surface area contributed by atoms with E-state index >= 15 is 0 Å². The molecule has 2 rings (SSSR count). The first-order valence-electron chi connectivity index (χ1n) is 5.16. The van der Waals surface area contributed by atoms with Gasteiger partial charge in [0.15, 0.2) is 0 Å². The number of hydrogen-bond donors (Lipinski definition) is 0. The third-order valence-corrected chi connectivity index (χ3v) is 4.72. The Labute approximate surface area is 106 Å².